The third-order valence-corrected chi connectivity index (χ3v) is 5.90. The Morgan fingerprint density at radius 1 is 1.07 bits per heavy atom. The number of aryl methyl sites for hydroxylation is 1. The van der Waals surface area contributed by atoms with E-state index < -0.39 is 4.92 Å². The fraction of sp³-hybridized carbons (Fsp3) is 0.737. The van der Waals surface area contributed by atoms with Crippen LogP contribution in [0.3, 0.4) is 0 Å². The normalized spacial score (nSPS) is 18.5. The molecule has 2 N–H and O–H groups in total. The van der Waals surface area contributed by atoms with E-state index in [1.807, 2.05) is 4.90 Å². The Bertz CT molecular complexity index is 763. The van der Waals surface area contributed by atoms with Crippen LogP contribution < -0.4 is 10.6 Å². The van der Waals surface area contributed by atoms with Gasteiger partial charge in [-0.05, 0) is 39.5 Å². The number of hydrogen-bond donors (Lipinski definition) is 2. The number of nitrogens with one attached hydrogen (secondary N) is 2. The number of carbonyl (C=O) groups excluding carboxylic acids is 2. The molecule has 3 amide bonds. The maximum absolute atomic E-state index is 12.4. The highest BCUT2D eigenvalue weighted by Gasteiger charge is 2.27. The summed E-state index contributed by atoms with van der Waals surface area (Å²) < 4.78 is 1.37. The maximum Gasteiger partial charge on any atom is 0.317 e. The van der Waals surface area contributed by atoms with Gasteiger partial charge in [0.2, 0.25) is 5.91 Å². The Hall–Kier alpha value is -2.65. The maximum atomic E-state index is 12.4. The van der Waals surface area contributed by atoms with Crippen LogP contribution in [-0.2, 0) is 11.3 Å². The number of nitrogens with zero attached hydrogens (tertiary/aromatic N) is 4. The molecule has 2 aliphatic rings. The van der Waals surface area contributed by atoms with Gasteiger partial charge in [-0.25, -0.2) is 4.79 Å². The zero-order chi connectivity index (χ0) is 21.0. The van der Waals surface area contributed by atoms with E-state index in [-0.39, 0.29) is 30.2 Å². The number of rotatable bonds is 5. The lowest BCUT2D eigenvalue weighted by atomic mass is 9.95. The van der Waals surface area contributed by atoms with Gasteiger partial charge in [0.15, 0.2) is 0 Å². The molecule has 1 saturated heterocycles. The standard InChI is InChI=1S/C19H30N6O4/c1-13-18(25(28)29)14(2)24(22-13)12-17(26)20-16-8-10-23(11-9-16)19(27)21-15-6-4-3-5-7-15/h15-16H,3-12H2,1-2H3,(H,20,26)(H,21,27). The molecule has 0 radical (unpaired) electrons. The van der Waals surface area contributed by atoms with Gasteiger partial charge in [0.1, 0.15) is 17.9 Å². The number of piperidine rings is 1. The van der Waals surface area contributed by atoms with Crippen molar-refractivity contribution < 1.29 is 14.5 Å². The second-order valence-electron chi connectivity index (χ2n) is 8.05. The molecular weight excluding hydrogens is 376 g/mol. The van der Waals surface area contributed by atoms with Gasteiger partial charge in [0, 0.05) is 25.2 Å². The van der Waals surface area contributed by atoms with E-state index in [1.165, 1.54) is 23.9 Å². The van der Waals surface area contributed by atoms with Crippen LogP contribution in [0.5, 0.6) is 0 Å². The molecule has 2 fully saturated rings. The Balaban J connectivity index is 1.44. The highest BCUT2D eigenvalue weighted by atomic mass is 16.6. The minimum absolute atomic E-state index is 0.00312. The van der Waals surface area contributed by atoms with Crippen LogP contribution in [0.4, 0.5) is 10.5 Å². The molecule has 1 aromatic rings. The van der Waals surface area contributed by atoms with Gasteiger partial charge >= 0.3 is 11.7 Å². The first kappa shape index (κ1) is 21.1. The molecule has 0 bridgehead atoms. The van der Waals surface area contributed by atoms with Crippen LogP contribution in [0.2, 0.25) is 0 Å². The number of carbonyl (C=O) groups is 2. The Labute approximate surface area is 170 Å². The van der Waals surface area contributed by atoms with Gasteiger partial charge in [-0.15, -0.1) is 0 Å². The lowest BCUT2D eigenvalue weighted by molar-refractivity contribution is -0.386. The topological polar surface area (TPSA) is 122 Å². The van der Waals surface area contributed by atoms with E-state index in [9.17, 15) is 19.7 Å². The van der Waals surface area contributed by atoms with Gasteiger partial charge in [0.25, 0.3) is 0 Å². The predicted octanol–water partition coefficient (Wildman–Crippen LogP) is 2.03. The highest BCUT2D eigenvalue weighted by Crippen LogP contribution is 2.22. The molecule has 1 aliphatic carbocycles. The van der Waals surface area contributed by atoms with Crippen LogP contribution in [0.25, 0.3) is 0 Å². The van der Waals surface area contributed by atoms with Gasteiger partial charge in [-0.3, -0.25) is 19.6 Å². The lowest BCUT2D eigenvalue weighted by Gasteiger charge is -2.34. The monoisotopic (exact) mass is 406 g/mol. The molecule has 1 saturated carbocycles. The first-order valence-electron chi connectivity index (χ1n) is 10.4. The lowest BCUT2D eigenvalue weighted by Crippen LogP contribution is -2.51. The fourth-order valence-electron chi connectivity index (χ4n) is 4.25. The summed E-state index contributed by atoms with van der Waals surface area (Å²) in [7, 11) is 0. The molecule has 0 atom stereocenters. The second kappa shape index (κ2) is 9.23. The van der Waals surface area contributed by atoms with Crippen molar-refractivity contribution in [3.63, 3.8) is 0 Å². The van der Waals surface area contributed by atoms with Gasteiger partial charge in [-0.2, -0.15) is 5.10 Å². The molecule has 0 unspecified atom stereocenters. The van der Waals surface area contributed by atoms with Crippen molar-refractivity contribution in [3.8, 4) is 0 Å². The van der Waals surface area contributed by atoms with Crippen LogP contribution in [-0.4, -0.2) is 56.7 Å². The van der Waals surface area contributed by atoms with E-state index >= 15 is 0 Å². The molecule has 2 heterocycles. The van der Waals surface area contributed by atoms with Crippen LogP contribution in [0, 0.1) is 24.0 Å². The molecular formula is C19H30N6O4. The summed E-state index contributed by atoms with van der Waals surface area (Å²) in [5, 5.41) is 21.3. The van der Waals surface area contributed by atoms with E-state index in [0.29, 0.717) is 43.4 Å². The van der Waals surface area contributed by atoms with Gasteiger partial charge in [-0.1, -0.05) is 19.3 Å². The molecule has 0 aromatic carbocycles. The van der Waals surface area contributed by atoms with Crippen LogP contribution in [0.15, 0.2) is 0 Å². The smallest absolute Gasteiger partial charge is 0.317 e. The van der Waals surface area contributed by atoms with Crippen LogP contribution >= 0.6 is 0 Å². The molecule has 1 aromatic heterocycles. The number of nitro groups is 1. The number of aromatic nitrogens is 2. The first-order valence-corrected chi connectivity index (χ1v) is 10.4. The molecule has 0 spiro atoms. The summed E-state index contributed by atoms with van der Waals surface area (Å²) in [6.07, 6.45) is 7.12. The van der Waals surface area contributed by atoms with E-state index in [4.69, 9.17) is 0 Å². The first-order chi connectivity index (χ1) is 13.8. The van der Waals surface area contributed by atoms with Crippen molar-refractivity contribution >= 4 is 17.6 Å². The predicted molar refractivity (Wildman–Crippen MR) is 106 cm³/mol. The minimum atomic E-state index is -0.472. The van der Waals surface area contributed by atoms with Gasteiger partial charge in [0.05, 0.1) is 4.92 Å². The Morgan fingerprint density at radius 2 is 1.69 bits per heavy atom. The zero-order valence-electron chi connectivity index (χ0n) is 17.1. The van der Waals surface area contributed by atoms with Crippen molar-refractivity contribution in [2.45, 2.75) is 77.4 Å². The summed E-state index contributed by atoms with van der Waals surface area (Å²) >= 11 is 0. The van der Waals surface area contributed by atoms with Crippen molar-refractivity contribution in [1.82, 2.24) is 25.3 Å². The summed E-state index contributed by atoms with van der Waals surface area (Å²) in [5.74, 6) is -0.226. The third-order valence-electron chi connectivity index (χ3n) is 5.90. The van der Waals surface area contributed by atoms with Crippen molar-refractivity contribution in [2.75, 3.05) is 13.1 Å². The molecule has 29 heavy (non-hydrogen) atoms. The largest absolute Gasteiger partial charge is 0.352 e. The zero-order valence-corrected chi connectivity index (χ0v) is 17.1. The molecule has 10 nitrogen and oxygen atoms in total. The quantitative estimate of drug-likeness (QED) is 0.572. The van der Waals surface area contributed by atoms with Gasteiger partial charge < -0.3 is 15.5 Å². The minimum Gasteiger partial charge on any atom is -0.352 e. The summed E-state index contributed by atoms with van der Waals surface area (Å²) in [6, 6.07) is 0.281. The number of urea groups is 1. The van der Waals surface area contributed by atoms with Crippen molar-refractivity contribution in [3.05, 3.63) is 21.5 Å². The average Bonchev–Trinajstić information content (AvgIpc) is 2.96. The van der Waals surface area contributed by atoms with Crippen molar-refractivity contribution in [1.29, 1.82) is 0 Å². The molecule has 10 heteroatoms. The SMILES string of the molecule is Cc1nn(CC(=O)NC2CCN(C(=O)NC3CCCCC3)CC2)c(C)c1[N+](=O)[O-]. The Morgan fingerprint density at radius 3 is 2.28 bits per heavy atom. The number of likely N-dealkylation sites (tertiary alicyclic amines) is 1. The van der Waals surface area contributed by atoms with E-state index in [1.54, 1.807) is 13.8 Å². The van der Waals surface area contributed by atoms with E-state index in [0.717, 1.165) is 12.8 Å². The number of amides is 3. The highest BCUT2D eigenvalue weighted by molar-refractivity contribution is 5.76. The summed E-state index contributed by atoms with van der Waals surface area (Å²) in [6.45, 7) is 4.31. The third kappa shape index (κ3) is 5.24. The molecule has 3 rings (SSSR count). The van der Waals surface area contributed by atoms with Crippen LogP contribution in [0.1, 0.15) is 56.3 Å². The summed E-state index contributed by atoms with van der Waals surface area (Å²) in [4.78, 5) is 37.2. The average molecular weight is 406 g/mol. The molecule has 160 valence electrons. The van der Waals surface area contributed by atoms with Crippen molar-refractivity contribution in [2.24, 2.45) is 0 Å². The van der Waals surface area contributed by atoms with E-state index in [2.05, 4.69) is 15.7 Å². The second-order valence-corrected chi connectivity index (χ2v) is 8.05. The number of hydrogen-bond acceptors (Lipinski definition) is 5. The summed E-state index contributed by atoms with van der Waals surface area (Å²) in [5.41, 5.74) is 0.629. The molecule has 1 aliphatic heterocycles. The fourth-order valence-corrected chi connectivity index (χ4v) is 4.25. The Kier molecular flexibility index (Phi) is 6.71.